The van der Waals surface area contributed by atoms with Crippen LogP contribution in [0.3, 0.4) is 0 Å². The third-order valence-corrected chi connectivity index (χ3v) is 4.12. The van der Waals surface area contributed by atoms with Crippen LogP contribution < -0.4 is 5.32 Å². The van der Waals surface area contributed by atoms with Crippen molar-refractivity contribution in [3.63, 3.8) is 0 Å². The van der Waals surface area contributed by atoms with Crippen molar-refractivity contribution in [3.05, 3.63) is 41.1 Å². The number of nitrogens with zero attached hydrogens (tertiary/aromatic N) is 2. The second-order valence-corrected chi connectivity index (χ2v) is 5.89. The van der Waals surface area contributed by atoms with Gasteiger partial charge in [0.15, 0.2) is 5.11 Å². The van der Waals surface area contributed by atoms with E-state index in [1.807, 2.05) is 37.3 Å². The van der Waals surface area contributed by atoms with Crippen molar-refractivity contribution in [2.24, 2.45) is 0 Å². The number of nitrogens with one attached hydrogen (secondary N) is 1. The average Bonchev–Trinajstić information content (AvgIpc) is 2.78. The highest BCUT2D eigenvalue weighted by Crippen LogP contribution is 2.15. The molecule has 5 nitrogen and oxygen atoms in total. The number of carbonyl (C=O) groups excluding carboxylic acids is 1. The summed E-state index contributed by atoms with van der Waals surface area (Å²) in [5, 5.41) is 3.48. The minimum absolute atomic E-state index is 0.0722. The molecule has 1 N–H and O–H groups in total. The van der Waals surface area contributed by atoms with E-state index >= 15 is 0 Å². The highest BCUT2D eigenvalue weighted by molar-refractivity contribution is 7.80. The minimum atomic E-state index is -0.0722. The molecular weight excluding hydrogens is 298 g/mol. The van der Waals surface area contributed by atoms with Crippen LogP contribution in [0.1, 0.15) is 11.1 Å². The van der Waals surface area contributed by atoms with Crippen molar-refractivity contribution in [1.82, 2.24) is 15.1 Å². The van der Waals surface area contributed by atoms with E-state index in [0.717, 1.165) is 18.7 Å². The minimum Gasteiger partial charge on any atom is -0.379 e. The van der Waals surface area contributed by atoms with Gasteiger partial charge in [0.25, 0.3) is 5.91 Å². The molecule has 0 aromatic heterocycles. The lowest BCUT2D eigenvalue weighted by atomic mass is 10.1. The maximum absolute atomic E-state index is 12.5. The van der Waals surface area contributed by atoms with Crippen LogP contribution in [0.4, 0.5) is 0 Å². The Morgan fingerprint density at radius 2 is 1.95 bits per heavy atom. The van der Waals surface area contributed by atoms with Crippen molar-refractivity contribution in [1.29, 1.82) is 0 Å². The molecule has 2 saturated heterocycles. The van der Waals surface area contributed by atoms with Crippen molar-refractivity contribution < 1.29 is 9.53 Å². The summed E-state index contributed by atoms with van der Waals surface area (Å²) < 4.78 is 5.32. The van der Waals surface area contributed by atoms with Gasteiger partial charge in [-0.05, 0) is 30.8 Å². The van der Waals surface area contributed by atoms with E-state index in [4.69, 9.17) is 17.0 Å². The molecule has 0 radical (unpaired) electrons. The largest absolute Gasteiger partial charge is 0.379 e. The highest BCUT2D eigenvalue weighted by atomic mass is 32.1. The van der Waals surface area contributed by atoms with Gasteiger partial charge in [-0.1, -0.05) is 29.8 Å². The Balaban J connectivity index is 1.71. The number of aryl methyl sites for hydroxylation is 1. The second kappa shape index (κ2) is 6.56. The van der Waals surface area contributed by atoms with Gasteiger partial charge < -0.3 is 10.1 Å². The number of hydrogen-bond acceptors (Lipinski definition) is 4. The Bertz CT molecular complexity index is 606. The fourth-order valence-electron chi connectivity index (χ4n) is 2.47. The van der Waals surface area contributed by atoms with Crippen molar-refractivity contribution in [2.75, 3.05) is 33.0 Å². The number of ether oxygens (including phenoxy) is 1. The van der Waals surface area contributed by atoms with Crippen LogP contribution in [-0.2, 0) is 9.53 Å². The molecule has 0 unspecified atom stereocenters. The lowest BCUT2D eigenvalue weighted by Crippen LogP contribution is -2.46. The van der Waals surface area contributed by atoms with E-state index in [1.54, 1.807) is 4.90 Å². The van der Waals surface area contributed by atoms with Gasteiger partial charge in [-0.15, -0.1) is 0 Å². The number of carbonyl (C=O) groups is 1. The average molecular weight is 317 g/mol. The summed E-state index contributed by atoms with van der Waals surface area (Å²) in [4.78, 5) is 16.3. The summed E-state index contributed by atoms with van der Waals surface area (Å²) in [5.74, 6) is -0.0722. The SMILES string of the molecule is Cc1ccc(/C=C2\NC(=S)N(CN3CCOCC3)C2=O)cc1. The molecule has 1 aromatic carbocycles. The first kappa shape index (κ1) is 15.1. The zero-order valence-corrected chi connectivity index (χ0v) is 13.4. The quantitative estimate of drug-likeness (QED) is 0.673. The molecule has 3 rings (SSSR count). The smallest absolute Gasteiger partial charge is 0.277 e. The number of rotatable bonds is 3. The normalized spacial score (nSPS) is 21.5. The molecule has 22 heavy (non-hydrogen) atoms. The second-order valence-electron chi connectivity index (χ2n) is 5.50. The summed E-state index contributed by atoms with van der Waals surface area (Å²) in [6.07, 6.45) is 1.84. The summed E-state index contributed by atoms with van der Waals surface area (Å²) in [6.45, 7) is 5.60. The monoisotopic (exact) mass is 317 g/mol. The lowest BCUT2D eigenvalue weighted by Gasteiger charge is -2.29. The molecule has 6 heteroatoms. The summed E-state index contributed by atoms with van der Waals surface area (Å²) >= 11 is 5.30. The predicted molar refractivity (Wildman–Crippen MR) is 89.0 cm³/mol. The summed E-state index contributed by atoms with van der Waals surface area (Å²) in [7, 11) is 0. The Hall–Kier alpha value is -1.76. The van der Waals surface area contributed by atoms with Crippen molar-refractivity contribution in [3.8, 4) is 0 Å². The van der Waals surface area contributed by atoms with Crippen LogP contribution in [-0.4, -0.2) is 53.8 Å². The Morgan fingerprint density at radius 1 is 1.27 bits per heavy atom. The lowest BCUT2D eigenvalue weighted by molar-refractivity contribution is -0.124. The summed E-state index contributed by atoms with van der Waals surface area (Å²) in [5.41, 5.74) is 2.71. The van der Waals surface area contributed by atoms with Crippen LogP contribution in [0, 0.1) is 6.92 Å². The van der Waals surface area contributed by atoms with Gasteiger partial charge in [-0.2, -0.15) is 0 Å². The van der Waals surface area contributed by atoms with Gasteiger partial charge in [-0.25, -0.2) is 0 Å². The molecule has 0 spiro atoms. The number of benzene rings is 1. The molecular formula is C16H19N3O2S. The maximum Gasteiger partial charge on any atom is 0.277 e. The molecule has 0 saturated carbocycles. The van der Waals surface area contributed by atoms with E-state index < -0.39 is 0 Å². The van der Waals surface area contributed by atoms with Gasteiger partial charge in [0.1, 0.15) is 5.70 Å². The zero-order valence-electron chi connectivity index (χ0n) is 12.5. The van der Waals surface area contributed by atoms with E-state index in [9.17, 15) is 4.79 Å². The topological polar surface area (TPSA) is 44.8 Å². The van der Waals surface area contributed by atoms with Crippen LogP contribution in [0.2, 0.25) is 0 Å². The molecule has 1 amide bonds. The van der Waals surface area contributed by atoms with Gasteiger partial charge in [0, 0.05) is 13.1 Å². The predicted octanol–water partition coefficient (Wildman–Crippen LogP) is 1.34. The van der Waals surface area contributed by atoms with Crippen LogP contribution in [0.15, 0.2) is 30.0 Å². The van der Waals surface area contributed by atoms with Gasteiger partial charge in [0.2, 0.25) is 0 Å². The van der Waals surface area contributed by atoms with E-state index in [0.29, 0.717) is 30.7 Å². The first-order valence-electron chi connectivity index (χ1n) is 7.35. The molecule has 0 atom stereocenters. The van der Waals surface area contributed by atoms with E-state index in [-0.39, 0.29) is 5.91 Å². The molecule has 2 aliphatic rings. The fourth-order valence-corrected chi connectivity index (χ4v) is 2.72. The van der Waals surface area contributed by atoms with Crippen molar-refractivity contribution in [2.45, 2.75) is 6.92 Å². The first-order chi connectivity index (χ1) is 10.6. The first-order valence-corrected chi connectivity index (χ1v) is 7.75. The number of hydrogen-bond donors (Lipinski definition) is 1. The highest BCUT2D eigenvalue weighted by Gasteiger charge is 2.32. The van der Waals surface area contributed by atoms with E-state index in [2.05, 4.69) is 10.2 Å². The molecule has 116 valence electrons. The Morgan fingerprint density at radius 3 is 2.64 bits per heavy atom. The summed E-state index contributed by atoms with van der Waals surface area (Å²) in [6, 6.07) is 8.03. The van der Waals surface area contributed by atoms with Crippen LogP contribution >= 0.6 is 12.2 Å². The third-order valence-electron chi connectivity index (χ3n) is 3.80. The molecule has 2 aliphatic heterocycles. The molecule has 2 fully saturated rings. The van der Waals surface area contributed by atoms with Gasteiger partial charge >= 0.3 is 0 Å². The third kappa shape index (κ3) is 3.35. The zero-order chi connectivity index (χ0) is 15.5. The number of amides is 1. The van der Waals surface area contributed by atoms with Crippen LogP contribution in [0.5, 0.6) is 0 Å². The molecule has 0 aliphatic carbocycles. The Labute approximate surface area is 135 Å². The van der Waals surface area contributed by atoms with Crippen molar-refractivity contribution >= 4 is 29.3 Å². The van der Waals surface area contributed by atoms with Gasteiger partial charge in [-0.3, -0.25) is 14.6 Å². The van der Waals surface area contributed by atoms with E-state index in [1.165, 1.54) is 5.56 Å². The molecule has 1 aromatic rings. The number of morpholine rings is 1. The standard InChI is InChI=1S/C16H19N3O2S/c1-12-2-4-13(5-3-12)10-14-15(20)19(16(22)17-14)11-18-6-8-21-9-7-18/h2-5,10H,6-9,11H2,1H3,(H,17,22)/b14-10-. The fraction of sp³-hybridized carbons (Fsp3) is 0.375. The van der Waals surface area contributed by atoms with Crippen LogP contribution in [0.25, 0.3) is 6.08 Å². The Kier molecular flexibility index (Phi) is 4.52. The van der Waals surface area contributed by atoms with Gasteiger partial charge in [0.05, 0.1) is 19.9 Å². The maximum atomic E-state index is 12.5. The molecule has 0 bridgehead atoms. The molecule has 2 heterocycles. The number of thiocarbonyl (C=S) groups is 1.